The van der Waals surface area contributed by atoms with Crippen LogP contribution in [0.2, 0.25) is 0 Å². The van der Waals surface area contributed by atoms with Crippen molar-refractivity contribution in [3.63, 3.8) is 0 Å². The van der Waals surface area contributed by atoms with Crippen LogP contribution in [0.4, 0.5) is 0 Å². The van der Waals surface area contributed by atoms with Crippen LogP contribution >= 0.6 is 11.3 Å². The normalized spacial score (nSPS) is 18.3. The number of amides is 1. The number of nitrogens with one attached hydrogen (secondary N) is 2. The van der Waals surface area contributed by atoms with E-state index >= 15 is 0 Å². The number of rotatable bonds is 7. The highest BCUT2D eigenvalue weighted by Crippen LogP contribution is 2.17. The van der Waals surface area contributed by atoms with Crippen molar-refractivity contribution in [1.29, 1.82) is 0 Å². The molecule has 1 unspecified atom stereocenters. The highest BCUT2D eigenvalue weighted by atomic mass is 32.1. The SMILES string of the molecule is CCNC(=NCCC(=O)N1CCCCC1C)NCCc1csc(C)n1. The second kappa shape index (κ2) is 10.4. The first-order valence-electron chi connectivity index (χ1n) is 9.32. The average Bonchev–Trinajstić information content (AvgIpc) is 3.00. The van der Waals surface area contributed by atoms with Crippen LogP contribution in [0.1, 0.15) is 50.2 Å². The second-order valence-electron chi connectivity index (χ2n) is 6.48. The number of piperidine rings is 1. The number of aryl methyl sites for hydroxylation is 1. The number of nitrogens with zero attached hydrogens (tertiary/aromatic N) is 3. The van der Waals surface area contributed by atoms with Crippen LogP contribution in [0.15, 0.2) is 10.4 Å². The van der Waals surface area contributed by atoms with E-state index in [9.17, 15) is 4.79 Å². The molecule has 1 aliphatic heterocycles. The minimum Gasteiger partial charge on any atom is -0.357 e. The summed E-state index contributed by atoms with van der Waals surface area (Å²) in [6.45, 7) is 9.22. The van der Waals surface area contributed by atoms with Gasteiger partial charge in [0.15, 0.2) is 5.96 Å². The summed E-state index contributed by atoms with van der Waals surface area (Å²) in [5.41, 5.74) is 1.11. The number of carbonyl (C=O) groups excluding carboxylic acids is 1. The summed E-state index contributed by atoms with van der Waals surface area (Å²) < 4.78 is 0. The molecule has 1 aromatic rings. The van der Waals surface area contributed by atoms with Crippen LogP contribution in [0.25, 0.3) is 0 Å². The third kappa shape index (κ3) is 6.65. The fraction of sp³-hybridized carbons (Fsp3) is 0.722. The molecule has 2 heterocycles. The maximum absolute atomic E-state index is 12.4. The molecule has 7 heteroatoms. The Balaban J connectivity index is 1.75. The van der Waals surface area contributed by atoms with Gasteiger partial charge in [-0.05, 0) is 40.0 Å². The highest BCUT2D eigenvalue weighted by molar-refractivity contribution is 7.09. The quantitative estimate of drug-likeness (QED) is 0.575. The molecule has 0 radical (unpaired) electrons. The summed E-state index contributed by atoms with van der Waals surface area (Å²) in [6.07, 6.45) is 4.83. The van der Waals surface area contributed by atoms with E-state index in [1.54, 1.807) is 11.3 Å². The highest BCUT2D eigenvalue weighted by Gasteiger charge is 2.22. The first-order valence-corrected chi connectivity index (χ1v) is 10.2. The van der Waals surface area contributed by atoms with Gasteiger partial charge in [-0.15, -0.1) is 11.3 Å². The van der Waals surface area contributed by atoms with Crippen molar-refractivity contribution in [2.75, 3.05) is 26.2 Å². The molecule has 2 rings (SSSR count). The molecule has 140 valence electrons. The molecule has 6 nitrogen and oxygen atoms in total. The molecule has 0 saturated carbocycles. The minimum absolute atomic E-state index is 0.227. The first-order chi connectivity index (χ1) is 12.1. The van der Waals surface area contributed by atoms with E-state index in [2.05, 4.69) is 32.9 Å². The smallest absolute Gasteiger partial charge is 0.224 e. The molecule has 1 aromatic heterocycles. The molecule has 1 aliphatic rings. The van der Waals surface area contributed by atoms with Gasteiger partial charge in [-0.3, -0.25) is 9.79 Å². The molecule has 25 heavy (non-hydrogen) atoms. The molecule has 1 fully saturated rings. The molecular weight excluding hydrogens is 334 g/mol. The number of guanidine groups is 1. The molecule has 1 atom stereocenters. The number of carbonyl (C=O) groups is 1. The molecule has 0 aromatic carbocycles. The summed E-state index contributed by atoms with van der Waals surface area (Å²) in [5, 5.41) is 9.75. The van der Waals surface area contributed by atoms with E-state index in [1.807, 2.05) is 18.7 Å². The van der Waals surface area contributed by atoms with Gasteiger partial charge < -0.3 is 15.5 Å². The van der Waals surface area contributed by atoms with Crippen LogP contribution in [0, 0.1) is 6.92 Å². The predicted molar refractivity (Wildman–Crippen MR) is 104 cm³/mol. The Kier molecular flexibility index (Phi) is 8.18. The molecule has 2 N–H and O–H groups in total. The summed E-state index contributed by atoms with van der Waals surface area (Å²) in [7, 11) is 0. The Hall–Kier alpha value is -1.63. The van der Waals surface area contributed by atoms with Crippen molar-refractivity contribution in [2.45, 2.75) is 58.9 Å². The second-order valence-corrected chi connectivity index (χ2v) is 7.54. The number of hydrogen-bond acceptors (Lipinski definition) is 4. The van der Waals surface area contributed by atoms with Crippen molar-refractivity contribution in [3.05, 3.63) is 16.1 Å². The lowest BCUT2D eigenvalue weighted by atomic mass is 10.0. The van der Waals surface area contributed by atoms with Gasteiger partial charge in [-0.1, -0.05) is 0 Å². The summed E-state index contributed by atoms with van der Waals surface area (Å²) in [4.78, 5) is 23.4. The van der Waals surface area contributed by atoms with E-state index in [1.165, 1.54) is 6.42 Å². The van der Waals surface area contributed by atoms with Crippen molar-refractivity contribution < 1.29 is 4.79 Å². The zero-order valence-electron chi connectivity index (χ0n) is 15.7. The van der Waals surface area contributed by atoms with Crippen LogP contribution in [-0.4, -0.2) is 54.0 Å². The molecule has 0 bridgehead atoms. The lowest BCUT2D eigenvalue weighted by molar-refractivity contribution is -0.134. The number of likely N-dealkylation sites (tertiary alicyclic amines) is 1. The summed E-state index contributed by atoms with van der Waals surface area (Å²) in [6, 6.07) is 0.373. The van der Waals surface area contributed by atoms with Gasteiger partial charge in [-0.2, -0.15) is 0 Å². The van der Waals surface area contributed by atoms with E-state index in [-0.39, 0.29) is 5.91 Å². The third-order valence-electron chi connectivity index (χ3n) is 4.40. The van der Waals surface area contributed by atoms with Crippen molar-refractivity contribution in [3.8, 4) is 0 Å². The predicted octanol–water partition coefficient (Wildman–Crippen LogP) is 2.34. The number of hydrogen-bond donors (Lipinski definition) is 2. The van der Waals surface area contributed by atoms with Gasteiger partial charge in [0.05, 0.1) is 17.2 Å². The van der Waals surface area contributed by atoms with Gasteiger partial charge in [0.2, 0.25) is 5.91 Å². The summed E-state index contributed by atoms with van der Waals surface area (Å²) in [5.74, 6) is 0.999. The van der Waals surface area contributed by atoms with Crippen LogP contribution in [0.3, 0.4) is 0 Å². The zero-order valence-corrected chi connectivity index (χ0v) is 16.5. The third-order valence-corrected chi connectivity index (χ3v) is 5.23. The molecule has 0 spiro atoms. The molecule has 0 aliphatic carbocycles. The Morgan fingerprint density at radius 1 is 1.44 bits per heavy atom. The number of thiazole rings is 1. The van der Waals surface area contributed by atoms with Crippen LogP contribution < -0.4 is 10.6 Å². The maximum atomic E-state index is 12.4. The van der Waals surface area contributed by atoms with E-state index in [0.717, 1.165) is 55.6 Å². The Morgan fingerprint density at radius 2 is 2.28 bits per heavy atom. The average molecular weight is 366 g/mol. The lowest BCUT2D eigenvalue weighted by Gasteiger charge is -2.33. The molecule has 1 saturated heterocycles. The molecular formula is C18H31N5OS. The molecule has 1 amide bonds. The number of aromatic nitrogens is 1. The van der Waals surface area contributed by atoms with Gasteiger partial charge in [-0.25, -0.2) is 4.98 Å². The van der Waals surface area contributed by atoms with Crippen LogP contribution in [0.5, 0.6) is 0 Å². The van der Waals surface area contributed by atoms with Gasteiger partial charge >= 0.3 is 0 Å². The monoisotopic (exact) mass is 365 g/mol. The Morgan fingerprint density at radius 3 is 2.96 bits per heavy atom. The minimum atomic E-state index is 0.227. The maximum Gasteiger partial charge on any atom is 0.224 e. The van der Waals surface area contributed by atoms with Gasteiger partial charge in [0.25, 0.3) is 0 Å². The largest absolute Gasteiger partial charge is 0.357 e. The van der Waals surface area contributed by atoms with Crippen LogP contribution in [-0.2, 0) is 11.2 Å². The Bertz CT molecular complexity index is 572. The van der Waals surface area contributed by atoms with Crippen molar-refractivity contribution in [2.24, 2.45) is 4.99 Å². The van der Waals surface area contributed by atoms with E-state index in [4.69, 9.17) is 0 Å². The van der Waals surface area contributed by atoms with Gasteiger partial charge in [0.1, 0.15) is 0 Å². The number of aliphatic imine (C=N–C) groups is 1. The fourth-order valence-corrected chi connectivity index (χ4v) is 3.70. The van der Waals surface area contributed by atoms with Crippen molar-refractivity contribution in [1.82, 2.24) is 20.5 Å². The van der Waals surface area contributed by atoms with Gasteiger partial charge in [0, 0.05) is 43.9 Å². The van der Waals surface area contributed by atoms with E-state index < -0.39 is 0 Å². The van der Waals surface area contributed by atoms with Crippen molar-refractivity contribution >= 4 is 23.2 Å². The lowest BCUT2D eigenvalue weighted by Crippen LogP contribution is -2.42. The fourth-order valence-electron chi connectivity index (χ4n) is 3.05. The summed E-state index contributed by atoms with van der Waals surface area (Å²) >= 11 is 1.68. The van der Waals surface area contributed by atoms with E-state index in [0.29, 0.717) is 19.0 Å². The zero-order chi connectivity index (χ0) is 18.1. The first kappa shape index (κ1) is 19.7. The Labute approximate surface area is 155 Å². The topological polar surface area (TPSA) is 69.6 Å². The standard InChI is InChI=1S/C18H31N5OS/c1-4-19-18(20-10-8-16-13-25-15(3)22-16)21-11-9-17(24)23-12-6-5-7-14(23)2/h13-14H,4-12H2,1-3H3,(H2,19,20,21).